The van der Waals surface area contributed by atoms with Gasteiger partial charge in [0.1, 0.15) is 11.5 Å². The minimum atomic E-state index is -0.436. The van der Waals surface area contributed by atoms with Gasteiger partial charge in [-0.05, 0) is 62.3 Å². The molecule has 1 unspecified atom stereocenters. The number of piperidine rings is 1. The lowest BCUT2D eigenvalue weighted by Crippen LogP contribution is -2.48. The van der Waals surface area contributed by atoms with E-state index in [1.54, 1.807) is 7.11 Å². The van der Waals surface area contributed by atoms with Crippen LogP contribution < -0.4 is 20.1 Å². The molecule has 1 aliphatic heterocycles. The Morgan fingerprint density at radius 1 is 1.00 bits per heavy atom. The first-order valence-corrected chi connectivity index (χ1v) is 16.0. The smallest absolute Gasteiger partial charge is 0.251 e. The number of amides is 2. The fourth-order valence-corrected chi connectivity index (χ4v) is 6.40. The van der Waals surface area contributed by atoms with Gasteiger partial charge in [-0.2, -0.15) is 0 Å². The number of rotatable bonds is 13. The van der Waals surface area contributed by atoms with Crippen LogP contribution in [0.25, 0.3) is 0 Å². The number of carbonyl (C=O) groups is 3. The maximum absolute atomic E-state index is 13.4. The minimum Gasteiger partial charge on any atom is -0.497 e. The monoisotopic (exact) mass is 591 g/mol. The van der Waals surface area contributed by atoms with Crippen LogP contribution in [0.3, 0.4) is 0 Å². The molecule has 2 aromatic carbocycles. The van der Waals surface area contributed by atoms with Gasteiger partial charge in [0.15, 0.2) is 5.78 Å². The summed E-state index contributed by atoms with van der Waals surface area (Å²) in [6.45, 7) is 8.41. The molecule has 2 aliphatic rings. The molecule has 0 bridgehead atoms. The molecule has 0 radical (unpaired) electrons. The van der Waals surface area contributed by atoms with Crippen molar-refractivity contribution >= 4 is 17.6 Å². The number of ether oxygens (including phenoxy) is 2. The van der Waals surface area contributed by atoms with Gasteiger partial charge in [0, 0.05) is 48.7 Å². The zero-order chi connectivity index (χ0) is 30.8. The largest absolute Gasteiger partial charge is 0.497 e. The highest BCUT2D eigenvalue weighted by atomic mass is 16.5. The van der Waals surface area contributed by atoms with E-state index in [0.717, 1.165) is 67.7 Å². The molecule has 1 saturated heterocycles. The van der Waals surface area contributed by atoms with E-state index in [1.165, 1.54) is 6.42 Å². The SMILES string of the molecule is CCOc1cc(OC)ccc1CNCC(=O)N1CCCC(c2cccc(C(=O)N[C@H](C(=O)C(C)C)C3CCCCC3)c2)C1. The van der Waals surface area contributed by atoms with Gasteiger partial charge >= 0.3 is 0 Å². The highest BCUT2D eigenvalue weighted by molar-refractivity contribution is 5.98. The summed E-state index contributed by atoms with van der Waals surface area (Å²) in [6.07, 6.45) is 7.26. The summed E-state index contributed by atoms with van der Waals surface area (Å²) < 4.78 is 11.1. The van der Waals surface area contributed by atoms with E-state index in [9.17, 15) is 14.4 Å². The van der Waals surface area contributed by atoms with Crippen molar-refractivity contribution in [2.45, 2.75) is 84.2 Å². The molecular weight excluding hydrogens is 542 g/mol. The van der Waals surface area contributed by atoms with Gasteiger partial charge in [-0.1, -0.05) is 51.3 Å². The van der Waals surface area contributed by atoms with Crippen molar-refractivity contribution in [3.05, 3.63) is 59.2 Å². The second kappa shape index (κ2) is 15.9. The Balaban J connectivity index is 1.35. The Morgan fingerprint density at radius 2 is 1.79 bits per heavy atom. The van der Waals surface area contributed by atoms with Gasteiger partial charge < -0.3 is 25.0 Å². The van der Waals surface area contributed by atoms with E-state index >= 15 is 0 Å². The van der Waals surface area contributed by atoms with Crippen molar-refractivity contribution in [1.82, 2.24) is 15.5 Å². The summed E-state index contributed by atoms with van der Waals surface area (Å²) in [5.41, 5.74) is 2.61. The third-order valence-electron chi connectivity index (χ3n) is 8.84. The van der Waals surface area contributed by atoms with Crippen LogP contribution in [0, 0.1) is 11.8 Å². The van der Waals surface area contributed by atoms with E-state index in [-0.39, 0.29) is 41.9 Å². The number of nitrogens with zero attached hydrogens (tertiary/aromatic N) is 1. The van der Waals surface area contributed by atoms with Crippen molar-refractivity contribution in [3.63, 3.8) is 0 Å². The molecule has 43 heavy (non-hydrogen) atoms. The summed E-state index contributed by atoms with van der Waals surface area (Å²) in [6, 6.07) is 13.0. The molecule has 8 nitrogen and oxygen atoms in total. The quantitative estimate of drug-likeness (QED) is 0.320. The van der Waals surface area contributed by atoms with Crippen molar-refractivity contribution in [3.8, 4) is 11.5 Å². The fourth-order valence-electron chi connectivity index (χ4n) is 6.40. The van der Waals surface area contributed by atoms with E-state index in [0.29, 0.717) is 25.3 Å². The maximum Gasteiger partial charge on any atom is 0.251 e. The molecule has 2 atom stereocenters. The van der Waals surface area contributed by atoms with E-state index in [1.807, 2.05) is 68.1 Å². The number of hydrogen-bond donors (Lipinski definition) is 2. The number of likely N-dealkylation sites (tertiary alicyclic amines) is 1. The molecule has 2 amide bonds. The Kier molecular flexibility index (Phi) is 12.0. The molecule has 4 rings (SSSR count). The molecule has 234 valence electrons. The average Bonchev–Trinajstić information content (AvgIpc) is 3.04. The third-order valence-corrected chi connectivity index (χ3v) is 8.84. The van der Waals surface area contributed by atoms with Crippen LogP contribution >= 0.6 is 0 Å². The van der Waals surface area contributed by atoms with Gasteiger partial charge in [-0.25, -0.2) is 0 Å². The Labute approximate surface area is 256 Å². The van der Waals surface area contributed by atoms with Crippen LogP contribution in [0.5, 0.6) is 11.5 Å². The highest BCUT2D eigenvalue weighted by Gasteiger charge is 2.32. The van der Waals surface area contributed by atoms with Gasteiger partial charge in [0.25, 0.3) is 5.91 Å². The van der Waals surface area contributed by atoms with Crippen LogP contribution in [0.1, 0.15) is 93.1 Å². The van der Waals surface area contributed by atoms with E-state index in [4.69, 9.17) is 9.47 Å². The van der Waals surface area contributed by atoms with Crippen LogP contribution in [0.15, 0.2) is 42.5 Å². The van der Waals surface area contributed by atoms with E-state index < -0.39 is 6.04 Å². The number of nitrogens with one attached hydrogen (secondary N) is 2. The van der Waals surface area contributed by atoms with Gasteiger partial charge in [-0.3, -0.25) is 14.4 Å². The van der Waals surface area contributed by atoms with E-state index in [2.05, 4.69) is 10.6 Å². The second-order valence-corrected chi connectivity index (χ2v) is 12.2. The van der Waals surface area contributed by atoms with Crippen LogP contribution in [-0.4, -0.2) is 61.9 Å². The molecule has 0 spiro atoms. The van der Waals surface area contributed by atoms with Crippen molar-refractivity contribution < 1.29 is 23.9 Å². The number of Topliss-reactive ketones (excluding diaryl/α,β-unsaturated/α-hetero) is 1. The van der Waals surface area contributed by atoms with Gasteiger partial charge in [0.05, 0.1) is 26.3 Å². The summed E-state index contributed by atoms with van der Waals surface area (Å²) in [5.74, 6) is 1.71. The third kappa shape index (κ3) is 8.82. The molecular formula is C35H49N3O5. The van der Waals surface area contributed by atoms with Gasteiger partial charge in [-0.15, -0.1) is 0 Å². The first-order valence-electron chi connectivity index (χ1n) is 16.0. The molecule has 8 heteroatoms. The van der Waals surface area contributed by atoms with Crippen LogP contribution in [0.4, 0.5) is 0 Å². The Morgan fingerprint density at radius 3 is 2.51 bits per heavy atom. The predicted octanol–water partition coefficient (Wildman–Crippen LogP) is 5.49. The Bertz CT molecular complexity index is 1240. The standard InChI is InChI=1S/C35H49N3O5/c1-5-43-31-20-30(42-4)17-16-28(31)21-36-22-32(39)38-18-10-15-29(23-38)26-13-9-14-27(19-26)35(41)37-33(34(40)24(2)3)25-11-7-6-8-12-25/h9,13-14,16-17,19-20,24-25,29,33,36H,5-8,10-12,15,18,21-23H2,1-4H3,(H,37,41)/t29?,33-/m0/s1. The molecule has 2 aromatic rings. The molecule has 1 aliphatic carbocycles. The number of ketones is 1. The zero-order valence-corrected chi connectivity index (χ0v) is 26.3. The minimum absolute atomic E-state index is 0.0626. The molecule has 1 saturated carbocycles. The number of hydrogen-bond acceptors (Lipinski definition) is 6. The van der Waals surface area contributed by atoms with Crippen molar-refractivity contribution in [2.75, 3.05) is 33.4 Å². The molecule has 1 heterocycles. The maximum atomic E-state index is 13.4. The topological polar surface area (TPSA) is 97.0 Å². The number of carbonyl (C=O) groups excluding carboxylic acids is 3. The normalized spacial score (nSPS) is 18.3. The summed E-state index contributed by atoms with van der Waals surface area (Å²) in [4.78, 5) is 41.6. The predicted molar refractivity (Wildman–Crippen MR) is 169 cm³/mol. The van der Waals surface area contributed by atoms with Gasteiger partial charge in [0.2, 0.25) is 5.91 Å². The number of benzene rings is 2. The summed E-state index contributed by atoms with van der Waals surface area (Å²) in [5, 5.41) is 6.40. The second-order valence-electron chi connectivity index (χ2n) is 12.2. The van der Waals surface area contributed by atoms with Crippen molar-refractivity contribution in [1.29, 1.82) is 0 Å². The average molecular weight is 592 g/mol. The lowest BCUT2D eigenvalue weighted by atomic mass is 9.80. The lowest BCUT2D eigenvalue weighted by molar-refractivity contribution is -0.131. The molecule has 2 N–H and O–H groups in total. The Hall–Kier alpha value is -3.39. The van der Waals surface area contributed by atoms with Crippen LogP contribution in [0.2, 0.25) is 0 Å². The molecule has 2 fully saturated rings. The van der Waals surface area contributed by atoms with Crippen molar-refractivity contribution in [2.24, 2.45) is 11.8 Å². The summed E-state index contributed by atoms with van der Waals surface area (Å²) in [7, 11) is 1.63. The fraction of sp³-hybridized carbons (Fsp3) is 0.571. The number of methoxy groups -OCH3 is 1. The summed E-state index contributed by atoms with van der Waals surface area (Å²) >= 11 is 0. The highest BCUT2D eigenvalue weighted by Crippen LogP contribution is 2.30. The lowest BCUT2D eigenvalue weighted by Gasteiger charge is -2.33. The van der Waals surface area contributed by atoms with Crippen LogP contribution in [-0.2, 0) is 16.1 Å². The zero-order valence-electron chi connectivity index (χ0n) is 26.3. The molecule has 0 aromatic heterocycles. The first kappa shape index (κ1) is 32.5. The first-order chi connectivity index (χ1) is 20.8.